The predicted molar refractivity (Wildman–Crippen MR) is 87.6 cm³/mol. The summed E-state index contributed by atoms with van der Waals surface area (Å²) in [6.45, 7) is 3.83. The summed E-state index contributed by atoms with van der Waals surface area (Å²) < 4.78 is 25.1. The maximum atomic E-state index is 12.8. The lowest BCUT2D eigenvalue weighted by atomic mass is 9.84. The zero-order valence-electron chi connectivity index (χ0n) is 13.0. The predicted octanol–water partition coefficient (Wildman–Crippen LogP) is 1.94. The topological polar surface area (TPSA) is 57.7 Å². The summed E-state index contributed by atoms with van der Waals surface area (Å²) in [5.41, 5.74) is 1.03. The average molecular weight is 342 g/mol. The quantitative estimate of drug-likeness (QED) is 0.825. The van der Waals surface area contributed by atoms with Crippen molar-refractivity contribution in [3.8, 4) is 0 Å². The second-order valence-corrected chi connectivity index (χ2v) is 9.21. The van der Waals surface area contributed by atoms with Crippen molar-refractivity contribution >= 4 is 27.3 Å². The molecule has 0 spiro atoms. The molecule has 1 amide bonds. The Bertz CT molecular complexity index is 668. The van der Waals surface area contributed by atoms with Gasteiger partial charge in [0.1, 0.15) is 0 Å². The fourth-order valence-corrected chi connectivity index (χ4v) is 5.43. The summed E-state index contributed by atoms with van der Waals surface area (Å²) in [6.07, 6.45) is 3.97. The van der Waals surface area contributed by atoms with Gasteiger partial charge < -0.3 is 4.90 Å². The van der Waals surface area contributed by atoms with Crippen LogP contribution in [0.4, 0.5) is 0 Å². The minimum absolute atomic E-state index is 0.120. The third-order valence-corrected chi connectivity index (χ3v) is 7.09. The number of hydrogen-bond acceptors (Lipinski definition) is 4. The Hall–Kier alpha value is -0.920. The van der Waals surface area contributed by atoms with Crippen molar-refractivity contribution < 1.29 is 13.2 Å². The van der Waals surface area contributed by atoms with Gasteiger partial charge in [-0.2, -0.15) is 0 Å². The minimum atomic E-state index is -3.13. The third kappa shape index (κ3) is 2.94. The number of aryl methyl sites for hydroxylation is 1. The largest absolute Gasteiger partial charge is 0.335 e. The molecule has 0 saturated carbocycles. The lowest BCUT2D eigenvalue weighted by Gasteiger charge is -2.46. The Balaban J connectivity index is 1.78. The van der Waals surface area contributed by atoms with Crippen LogP contribution in [-0.4, -0.2) is 55.5 Å². The molecular formula is C15H22N2O3S2. The highest BCUT2D eigenvalue weighted by Gasteiger charge is 2.40. The Labute approximate surface area is 136 Å². The van der Waals surface area contributed by atoms with Crippen molar-refractivity contribution in [2.45, 2.75) is 32.2 Å². The average Bonchev–Trinajstić information content (AvgIpc) is 2.90. The van der Waals surface area contributed by atoms with E-state index in [4.69, 9.17) is 0 Å². The van der Waals surface area contributed by atoms with Gasteiger partial charge in [-0.1, -0.05) is 0 Å². The monoisotopic (exact) mass is 342 g/mol. The molecule has 122 valence electrons. The van der Waals surface area contributed by atoms with Gasteiger partial charge in [0.25, 0.3) is 5.91 Å². The molecule has 1 aromatic heterocycles. The molecule has 2 saturated heterocycles. The molecule has 2 atom stereocenters. The van der Waals surface area contributed by atoms with Crippen molar-refractivity contribution in [3.63, 3.8) is 0 Å². The first kappa shape index (κ1) is 16.0. The van der Waals surface area contributed by atoms with E-state index < -0.39 is 10.0 Å². The molecule has 22 heavy (non-hydrogen) atoms. The van der Waals surface area contributed by atoms with E-state index in [9.17, 15) is 13.2 Å². The van der Waals surface area contributed by atoms with Crippen molar-refractivity contribution in [2.75, 3.05) is 25.9 Å². The van der Waals surface area contributed by atoms with Crippen LogP contribution in [0.25, 0.3) is 0 Å². The van der Waals surface area contributed by atoms with Gasteiger partial charge in [-0.3, -0.25) is 4.79 Å². The molecule has 0 unspecified atom stereocenters. The first-order chi connectivity index (χ1) is 10.4. The number of amides is 1. The first-order valence-electron chi connectivity index (χ1n) is 7.68. The van der Waals surface area contributed by atoms with Crippen LogP contribution in [0.15, 0.2) is 11.4 Å². The number of piperidine rings is 2. The Kier molecular flexibility index (Phi) is 4.31. The van der Waals surface area contributed by atoms with Gasteiger partial charge in [0.15, 0.2) is 0 Å². The van der Waals surface area contributed by atoms with Crippen LogP contribution >= 0.6 is 11.3 Å². The van der Waals surface area contributed by atoms with Crippen LogP contribution in [-0.2, 0) is 10.0 Å². The lowest BCUT2D eigenvalue weighted by molar-refractivity contribution is 0.0339. The van der Waals surface area contributed by atoms with Crippen LogP contribution < -0.4 is 0 Å². The number of carbonyl (C=O) groups excluding carboxylic acids is 1. The molecule has 2 aliphatic rings. The van der Waals surface area contributed by atoms with E-state index in [2.05, 4.69) is 0 Å². The summed E-state index contributed by atoms with van der Waals surface area (Å²) in [6, 6.07) is 2.16. The van der Waals surface area contributed by atoms with Crippen LogP contribution in [0.3, 0.4) is 0 Å². The molecule has 2 aliphatic heterocycles. The highest BCUT2D eigenvalue weighted by Crippen LogP contribution is 2.33. The molecule has 3 heterocycles. The van der Waals surface area contributed by atoms with E-state index in [1.54, 1.807) is 4.31 Å². The summed E-state index contributed by atoms with van der Waals surface area (Å²) in [5, 5.41) is 1.95. The number of fused-ring (bicyclic) bond motifs is 1. The molecule has 0 bridgehead atoms. The van der Waals surface area contributed by atoms with Crippen molar-refractivity contribution in [3.05, 3.63) is 21.9 Å². The van der Waals surface area contributed by atoms with Crippen LogP contribution in [0.2, 0.25) is 0 Å². The number of sulfonamides is 1. The smallest absolute Gasteiger partial charge is 0.264 e. The standard InChI is InChI=1S/C15H22N2O3S2/c1-11-6-9-21-14(11)15(18)17-7-3-4-12-10-16(22(2,19)20)8-5-13(12)17/h6,9,12-13H,3-5,7-8,10H2,1-2H3/t12-,13+/m1/s1. The number of rotatable bonds is 2. The Morgan fingerprint density at radius 2 is 2.09 bits per heavy atom. The molecule has 7 heteroatoms. The molecule has 5 nitrogen and oxygen atoms in total. The Morgan fingerprint density at radius 1 is 1.32 bits per heavy atom. The molecule has 0 aromatic carbocycles. The van der Waals surface area contributed by atoms with Crippen LogP contribution in [0, 0.1) is 12.8 Å². The van der Waals surface area contributed by atoms with Gasteiger partial charge >= 0.3 is 0 Å². The zero-order valence-corrected chi connectivity index (χ0v) is 14.6. The maximum Gasteiger partial charge on any atom is 0.264 e. The zero-order chi connectivity index (χ0) is 15.9. The first-order valence-corrected chi connectivity index (χ1v) is 10.4. The summed E-state index contributed by atoms with van der Waals surface area (Å²) >= 11 is 1.50. The minimum Gasteiger partial charge on any atom is -0.335 e. The third-order valence-electron chi connectivity index (χ3n) is 4.82. The van der Waals surface area contributed by atoms with Crippen molar-refractivity contribution in [2.24, 2.45) is 5.92 Å². The van der Waals surface area contributed by atoms with Crippen molar-refractivity contribution in [1.82, 2.24) is 9.21 Å². The van der Waals surface area contributed by atoms with Gasteiger partial charge in [0.2, 0.25) is 10.0 Å². The summed E-state index contributed by atoms with van der Waals surface area (Å²) in [7, 11) is -3.13. The Morgan fingerprint density at radius 3 is 2.73 bits per heavy atom. The summed E-state index contributed by atoms with van der Waals surface area (Å²) in [4.78, 5) is 15.6. The van der Waals surface area contributed by atoms with E-state index in [1.165, 1.54) is 17.6 Å². The van der Waals surface area contributed by atoms with Gasteiger partial charge in [-0.25, -0.2) is 12.7 Å². The number of thiophene rings is 1. The molecule has 0 aliphatic carbocycles. The second kappa shape index (κ2) is 5.94. The lowest BCUT2D eigenvalue weighted by Crippen LogP contribution is -2.56. The van der Waals surface area contributed by atoms with Crippen molar-refractivity contribution in [1.29, 1.82) is 0 Å². The maximum absolute atomic E-state index is 12.8. The SMILES string of the molecule is Cc1ccsc1C(=O)N1CCC[C@@H]2CN(S(C)(=O)=O)CC[C@@H]21. The fraction of sp³-hybridized carbons (Fsp3) is 0.667. The van der Waals surface area contributed by atoms with E-state index in [1.807, 2.05) is 23.3 Å². The molecule has 1 aromatic rings. The number of carbonyl (C=O) groups is 1. The van der Waals surface area contributed by atoms with Crippen LogP contribution in [0.5, 0.6) is 0 Å². The molecular weight excluding hydrogens is 320 g/mol. The molecule has 2 fully saturated rings. The van der Waals surface area contributed by atoms with E-state index in [-0.39, 0.29) is 17.9 Å². The molecule has 0 radical (unpaired) electrons. The van der Waals surface area contributed by atoms with Gasteiger partial charge in [0.05, 0.1) is 11.1 Å². The molecule has 0 N–H and O–H groups in total. The van der Waals surface area contributed by atoms with Crippen LogP contribution in [0.1, 0.15) is 34.5 Å². The highest BCUT2D eigenvalue weighted by molar-refractivity contribution is 7.88. The second-order valence-electron chi connectivity index (χ2n) is 6.31. The van der Waals surface area contributed by atoms with E-state index in [0.717, 1.165) is 36.2 Å². The van der Waals surface area contributed by atoms with Gasteiger partial charge in [-0.05, 0) is 49.1 Å². The number of likely N-dealkylation sites (tertiary alicyclic amines) is 1. The van der Waals surface area contributed by atoms with E-state index in [0.29, 0.717) is 13.1 Å². The van der Waals surface area contributed by atoms with Gasteiger partial charge in [0, 0.05) is 25.7 Å². The van der Waals surface area contributed by atoms with E-state index >= 15 is 0 Å². The number of hydrogen-bond donors (Lipinski definition) is 0. The fourth-order valence-electron chi connectivity index (χ4n) is 3.65. The highest BCUT2D eigenvalue weighted by atomic mass is 32.2. The summed E-state index contributed by atoms with van der Waals surface area (Å²) in [5.74, 6) is 0.386. The van der Waals surface area contributed by atoms with Gasteiger partial charge in [-0.15, -0.1) is 11.3 Å². The number of nitrogens with zero attached hydrogens (tertiary/aromatic N) is 2. The normalized spacial score (nSPS) is 26.7. The molecule has 3 rings (SSSR count).